The predicted octanol–water partition coefficient (Wildman–Crippen LogP) is 4.23. The molecular weight excluding hydrogens is 398 g/mol. The summed E-state index contributed by atoms with van der Waals surface area (Å²) in [7, 11) is 0. The molecule has 0 bridgehead atoms. The van der Waals surface area contributed by atoms with Crippen molar-refractivity contribution in [1.82, 2.24) is 4.98 Å². The highest BCUT2D eigenvalue weighted by molar-refractivity contribution is 6.27. The zero-order chi connectivity index (χ0) is 22.1. The minimum Gasteiger partial charge on any atom is -0.352 e. The van der Waals surface area contributed by atoms with Crippen LogP contribution in [0.1, 0.15) is 38.1 Å². The third-order valence-electron chi connectivity index (χ3n) is 4.90. The second-order valence-electron chi connectivity index (χ2n) is 6.83. The number of nitro groups is 1. The third-order valence-corrected chi connectivity index (χ3v) is 4.90. The van der Waals surface area contributed by atoms with Crippen LogP contribution in [0.5, 0.6) is 0 Å². The van der Waals surface area contributed by atoms with Crippen molar-refractivity contribution < 1.29 is 19.3 Å². The molecule has 0 fully saturated rings. The highest BCUT2D eigenvalue weighted by Gasteiger charge is 2.32. The largest absolute Gasteiger partial charge is 0.352 e. The molecule has 0 atom stereocenters. The number of allylic oxidation sites excluding steroid dienone is 2. The number of fused-ring (bicyclic) bond motifs is 1. The molecule has 0 saturated carbocycles. The third kappa shape index (κ3) is 3.51. The van der Waals surface area contributed by atoms with Crippen molar-refractivity contribution in [3.63, 3.8) is 0 Å². The number of nitrogens with one attached hydrogen (secondary N) is 1. The number of nitrogens with zero attached hydrogens (tertiary/aromatic N) is 2. The topological polar surface area (TPSA) is 119 Å². The molecule has 0 radical (unpaired) electrons. The number of benzene rings is 2. The number of Topliss-reactive ketones (excluding diaryl/α,β-unsaturated/α-hetero) is 2. The number of rotatable bonds is 5. The Morgan fingerprint density at radius 1 is 1.00 bits per heavy atom. The van der Waals surface area contributed by atoms with Gasteiger partial charge < -0.3 is 5.32 Å². The summed E-state index contributed by atoms with van der Waals surface area (Å²) in [6, 6.07) is 14.1. The number of ketones is 3. The van der Waals surface area contributed by atoms with Gasteiger partial charge in [0.25, 0.3) is 5.69 Å². The average molecular weight is 413 g/mol. The van der Waals surface area contributed by atoms with E-state index < -0.39 is 16.5 Å². The van der Waals surface area contributed by atoms with Gasteiger partial charge in [-0.15, -0.1) is 0 Å². The lowest BCUT2D eigenvalue weighted by Gasteiger charge is -2.19. The molecule has 0 unspecified atom stereocenters. The first-order valence-corrected chi connectivity index (χ1v) is 9.29. The molecule has 1 aliphatic rings. The quantitative estimate of drug-likeness (QED) is 0.377. The molecule has 0 saturated heterocycles. The van der Waals surface area contributed by atoms with Crippen LogP contribution in [0.2, 0.25) is 0 Å². The van der Waals surface area contributed by atoms with Crippen LogP contribution in [0.15, 0.2) is 72.6 Å². The second kappa shape index (κ2) is 7.75. The molecule has 31 heavy (non-hydrogen) atoms. The normalized spacial score (nSPS) is 12.7. The second-order valence-corrected chi connectivity index (χ2v) is 6.83. The molecule has 152 valence electrons. The van der Waals surface area contributed by atoms with Gasteiger partial charge in [-0.25, -0.2) is 0 Å². The lowest BCUT2D eigenvalue weighted by atomic mass is 9.89. The van der Waals surface area contributed by atoms with E-state index in [1.807, 2.05) is 0 Å². The highest BCUT2D eigenvalue weighted by Crippen LogP contribution is 2.36. The molecule has 8 nitrogen and oxygen atoms in total. The molecule has 8 heteroatoms. The fraction of sp³-hybridized carbons (Fsp3) is 0.0435. The van der Waals surface area contributed by atoms with E-state index in [0.29, 0.717) is 11.3 Å². The Balaban J connectivity index is 1.84. The maximum atomic E-state index is 13.3. The van der Waals surface area contributed by atoms with E-state index in [0.717, 1.165) is 6.08 Å². The number of carbonyl (C=O) groups excluding carboxylic acids is 3. The summed E-state index contributed by atoms with van der Waals surface area (Å²) in [5.41, 5.74) is 0.849. The molecule has 1 aliphatic carbocycles. The van der Waals surface area contributed by atoms with Crippen LogP contribution in [0.3, 0.4) is 0 Å². The van der Waals surface area contributed by atoms with E-state index in [-0.39, 0.29) is 39.6 Å². The Morgan fingerprint density at radius 2 is 1.71 bits per heavy atom. The number of pyridine rings is 1. The molecule has 0 amide bonds. The fourth-order valence-corrected chi connectivity index (χ4v) is 3.50. The first-order valence-electron chi connectivity index (χ1n) is 9.29. The molecule has 1 aromatic heterocycles. The van der Waals surface area contributed by atoms with E-state index in [4.69, 9.17) is 0 Å². The summed E-state index contributed by atoms with van der Waals surface area (Å²) in [5, 5.41) is 14.4. The van der Waals surface area contributed by atoms with Crippen LogP contribution >= 0.6 is 0 Å². The Hall–Kier alpha value is -4.46. The van der Waals surface area contributed by atoms with Crippen molar-refractivity contribution in [2.45, 2.75) is 6.92 Å². The Morgan fingerprint density at radius 3 is 2.45 bits per heavy atom. The molecule has 1 N–H and O–H groups in total. The van der Waals surface area contributed by atoms with Gasteiger partial charge in [0.2, 0.25) is 11.6 Å². The van der Waals surface area contributed by atoms with Crippen molar-refractivity contribution in [2.75, 3.05) is 5.32 Å². The molecular formula is C23H15N3O5. The van der Waals surface area contributed by atoms with Crippen LogP contribution in [0.4, 0.5) is 11.4 Å². The van der Waals surface area contributed by atoms with Crippen LogP contribution in [-0.2, 0) is 0 Å². The summed E-state index contributed by atoms with van der Waals surface area (Å²) in [6.07, 6.45) is 2.46. The maximum Gasteiger partial charge on any atom is 0.277 e. The van der Waals surface area contributed by atoms with E-state index in [2.05, 4.69) is 10.3 Å². The van der Waals surface area contributed by atoms with Gasteiger partial charge in [0.1, 0.15) is 5.69 Å². The van der Waals surface area contributed by atoms with Gasteiger partial charge in [-0.3, -0.25) is 29.5 Å². The average Bonchev–Trinajstić information content (AvgIpc) is 2.77. The van der Waals surface area contributed by atoms with Crippen molar-refractivity contribution >= 4 is 28.7 Å². The Labute approximate surface area is 176 Å². The van der Waals surface area contributed by atoms with Crippen molar-refractivity contribution in [1.29, 1.82) is 0 Å². The molecule has 1 heterocycles. The summed E-state index contributed by atoms with van der Waals surface area (Å²) >= 11 is 0. The molecule has 2 aromatic carbocycles. The number of anilines is 1. The van der Waals surface area contributed by atoms with E-state index in [1.165, 1.54) is 37.4 Å². The number of nitro benzene ring substituents is 1. The number of aromatic nitrogens is 1. The van der Waals surface area contributed by atoms with Gasteiger partial charge >= 0.3 is 0 Å². The van der Waals surface area contributed by atoms with Gasteiger partial charge in [-0.1, -0.05) is 24.3 Å². The minimum atomic E-state index is -0.547. The Bertz CT molecular complexity index is 1310. The fourth-order valence-electron chi connectivity index (χ4n) is 3.50. The first-order chi connectivity index (χ1) is 14.9. The molecule has 4 rings (SSSR count). The lowest BCUT2D eigenvalue weighted by Crippen LogP contribution is -2.24. The maximum absolute atomic E-state index is 13.3. The minimum absolute atomic E-state index is 0.0212. The van der Waals surface area contributed by atoms with E-state index in [9.17, 15) is 24.5 Å². The summed E-state index contributed by atoms with van der Waals surface area (Å²) in [4.78, 5) is 53.0. The molecule has 0 spiro atoms. The van der Waals surface area contributed by atoms with Crippen molar-refractivity contribution in [3.05, 3.63) is 99.5 Å². The van der Waals surface area contributed by atoms with Crippen LogP contribution in [0.25, 0.3) is 11.1 Å². The van der Waals surface area contributed by atoms with Gasteiger partial charge in [-0.2, -0.15) is 0 Å². The van der Waals surface area contributed by atoms with Crippen LogP contribution in [-0.4, -0.2) is 27.3 Å². The lowest BCUT2D eigenvalue weighted by molar-refractivity contribution is -0.384. The van der Waals surface area contributed by atoms with Gasteiger partial charge in [0.15, 0.2) is 5.78 Å². The monoisotopic (exact) mass is 413 g/mol. The SMILES string of the molecule is CC(=O)c1ccccc1NC1=CC(=O)c2nccc(-c3ccccc3[N+](=O)[O-])c2C1=O. The van der Waals surface area contributed by atoms with Crippen LogP contribution < -0.4 is 5.32 Å². The zero-order valence-electron chi connectivity index (χ0n) is 16.3. The van der Waals surface area contributed by atoms with Crippen molar-refractivity contribution in [2.24, 2.45) is 0 Å². The number of para-hydroxylation sites is 2. The van der Waals surface area contributed by atoms with Crippen LogP contribution in [0, 0.1) is 10.1 Å². The van der Waals surface area contributed by atoms with Crippen molar-refractivity contribution in [3.8, 4) is 11.1 Å². The zero-order valence-corrected chi connectivity index (χ0v) is 16.3. The van der Waals surface area contributed by atoms with Gasteiger partial charge in [0, 0.05) is 35.2 Å². The highest BCUT2D eigenvalue weighted by atomic mass is 16.6. The first kappa shape index (κ1) is 19.8. The standard InChI is InChI=1S/C23H15N3O5/c1-13(27)14-6-2-4-8-17(14)25-18-12-20(28)22-21(23(18)29)16(10-11-24-22)15-7-3-5-9-19(15)26(30)31/h2-12,25H,1H3. The predicted molar refractivity (Wildman–Crippen MR) is 113 cm³/mol. The number of hydrogen-bond acceptors (Lipinski definition) is 7. The smallest absolute Gasteiger partial charge is 0.277 e. The summed E-state index contributed by atoms with van der Waals surface area (Å²) in [6.45, 7) is 1.40. The van der Waals surface area contributed by atoms with Gasteiger partial charge in [0.05, 0.1) is 21.7 Å². The summed E-state index contributed by atoms with van der Waals surface area (Å²) in [5.74, 6) is -1.27. The number of hydrogen-bond donors (Lipinski definition) is 1. The summed E-state index contributed by atoms with van der Waals surface area (Å²) < 4.78 is 0. The molecule has 3 aromatic rings. The Kier molecular flexibility index (Phi) is 4.96. The number of carbonyl (C=O) groups is 3. The molecule has 0 aliphatic heterocycles. The van der Waals surface area contributed by atoms with E-state index in [1.54, 1.807) is 30.3 Å². The van der Waals surface area contributed by atoms with Gasteiger partial charge in [-0.05, 0) is 31.2 Å². The van der Waals surface area contributed by atoms with E-state index >= 15 is 0 Å².